The highest BCUT2D eigenvalue weighted by Gasteiger charge is 2.09. The van der Waals surface area contributed by atoms with E-state index in [1.54, 1.807) is 0 Å². The predicted molar refractivity (Wildman–Crippen MR) is 99.2 cm³/mol. The maximum absolute atomic E-state index is 11.7. The van der Waals surface area contributed by atoms with E-state index in [2.05, 4.69) is 6.92 Å². The van der Waals surface area contributed by atoms with Gasteiger partial charge in [0.2, 0.25) is 0 Å². The van der Waals surface area contributed by atoms with Crippen molar-refractivity contribution in [3.8, 4) is 0 Å². The van der Waals surface area contributed by atoms with Gasteiger partial charge in [0.15, 0.2) is 0 Å². The third-order valence-corrected chi connectivity index (χ3v) is 4.19. The van der Waals surface area contributed by atoms with Gasteiger partial charge in [-0.3, -0.25) is 9.59 Å². The van der Waals surface area contributed by atoms with Crippen LogP contribution in [0.15, 0.2) is 24.3 Å². The van der Waals surface area contributed by atoms with Gasteiger partial charge in [0.1, 0.15) is 6.61 Å². The van der Waals surface area contributed by atoms with Crippen molar-refractivity contribution < 1.29 is 19.1 Å². The van der Waals surface area contributed by atoms with Gasteiger partial charge < -0.3 is 9.47 Å². The topological polar surface area (TPSA) is 52.6 Å². The highest BCUT2D eigenvalue weighted by atomic mass is 16.5. The lowest BCUT2D eigenvalue weighted by Gasteiger charge is -2.08. The molecule has 0 fully saturated rings. The number of hydrogen-bond donors (Lipinski definition) is 0. The first-order chi connectivity index (χ1) is 12.1. The number of unbranched alkanes of at least 4 members (excludes halogenated alkanes) is 6. The van der Waals surface area contributed by atoms with Crippen LogP contribution in [0.1, 0.15) is 75.8 Å². The summed E-state index contributed by atoms with van der Waals surface area (Å²) in [6, 6.07) is 7.77. The van der Waals surface area contributed by atoms with Gasteiger partial charge in [-0.15, -0.1) is 0 Å². The monoisotopic (exact) mass is 348 g/mol. The second-order valence-corrected chi connectivity index (χ2v) is 6.43. The molecule has 1 aromatic carbocycles. The van der Waals surface area contributed by atoms with Crippen molar-refractivity contribution in [3.05, 3.63) is 35.4 Å². The van der Waals surface area contributed by atoms with Crippen molar-refractivity contribution in [3.63, 3.8) is 0 Å². The Balaban J connectivity index is 2.02. The summed E-state index contributed by atoms with van der Waals surface area (Å²) in [6.45, 7) is 4.88. The molecule has 0 heterocycles. The van der Waals surface area contributed by atoms with Gasteiger partial charge in [0.05, 0.1) is 19.4 Å². The molecule has 0 aliphatic carbocycles. The second-order valence-electron chi connectivity index (χ2n) is 6.43. The average molecular weight is 348 g/mol. The summed E-state index contributed by atoms with van der Waals surface area (Å²) in [7, 11) is 0. The minimum absolute atomic E-state index is 0.0712. The highest BCUT2D eigenvalue weighted by molar-refractivity contribution is 5.77. The van der Waals surface area contributed by atoms with Crippen molar-refractivity contribution in [2.24, 2.45) is 0 Å². The highest BCUT2D eigenvalue weighted by Crippen LogP contribution is 2.10. The van der Waals surface area contributed by atoms with E-state index in [0.29, 0.717) is 6.61 Å². The smallest absolute Gasteiger partial charge is 0.306 e. The molecular weight excluding hydrogens is 316 g/mol. The van der Waals surface area contributed by atoms with Gasteiger partial charge in [-0.2, -0.15) is 0 Å². The number of carbonyl (C=O) groups is 2. The molecule has 0 saturated carbocycles. The van der Waals surface area contributed by atoms with Gasteiger partial charge in [-0.1, -0.05) is 69.7 Å². The average Bonchev–Trinajstić information content (AvgIpc) is 2.61. The van der Waals surface area contributed by atoms with Gasteiger partial charge in [0, 0.05) is 0 Å². The molecule has 0 aliphatic heterocycles. The molecule has 25 heavy (non-hydrogen) atoms. The molecule has 0 saturated heterocycles. The van der Waals surface area contributed by atoms with Crippen molar-refractivity contribution in [2.75, 3.05) is 6.61 Å². The molecule has 4 heteroatoms. The van der Waals surface area contributed by atoms with E-state index in [1.807, 2.05) is 31.2 Å². The van der Waals surface area contributed by atoms with Gasteiger partial charge in [0.25, 0.3) is 0 Å². The SMILES string of the molecule is CCCCCCCCCOC(=O)CCC(=O)OCc1ccccc1C. The Bertz CT molecular complexity index is 510. The van der Waals surface area contributed by atoms with Crippen molar-refractivity contribution in [2.45, 2.75) is 78.2 Å². The van der Waals surface area contributed by atoms with E-state index in [-0.39, 0.29) is 31.4 Å². The summed E-state index contributed by atoms with van der Waals surface area (Å²) in [5, 5.41) is 0. The third kappa shape index (κ3) is 10.6. The zero-order valence-corrected chi connectivity index (χ0v) is 15.7. The molecule has 4 nitrogen and oxygen atoms in total. The molecule has 1 aromatic rings. The normalized spacial score (nSPS) is 10.5. The molecule has 0 spiro atoms. The van der Waals surface area contributed by atoms with Crippen LogP contribution in [-0.2, 0) is 25.7 Å². The predicted octanol–water partition coefficient (Wildman–Crippen LogP) is 5.11. The Morgan fingerprint density at radius 1 is 0.840 bits per heavy atom. The molecule has 0 aliphatic rings. The van der Waals surface area contributed by atoms with E-state index >= 15 is 0 Å². The number of hydrogen-bond acceptors (Lipinski definition) is 4. The van der Waals surface area contributed by atoms with Crippen LogP contribution in [-0.4, -0.2) is 18.5 Å². The molecule has 0 unspecified atom stereocenters. The van der Waals surface area contributed by atoms with Crippen LogP contribution < -0.4 is 0 Å². The van der Waals surface area contributed by atoms with E-state index in [9.17, 15) is 9.59 Å². The fourth-order valence-corrected chi connectivity index (χ4v) is 2.52. The largest absolute Gasteiger partial charge is 0.466 e. The number of carbonyl (C=O) groups excluding carboxylic acids is 2. The molecular formula is C21H32O4. The molecule has 0 N–H and O–H groups in total. The van der Waals surface area contributed by atoms with Crippen LogP contribution in [0.25, 0.3) is 0 Å². The Morgan fingerprint density at radius 2 is 1.44 bits per heavy atom. The van der Waals surface area contributed by atoms with Gasteiger partial charge >= 0.3 is 11.9 Å². The van der Waals surface area contributed by atoms with Gasteiger partial charge in [-0.05, 0) is 24.5 Å². The molecule has 1 rings (SSSR count). The maximum Gasteiger partial charge on any atom is 0.306 e. The Labute approximate surface area is 151 Å². The Morgan fingerprint density at radius 3 is 2.12 bits per heavy atom. The van der Waals surface area contributed by atoms with Crippen LogP contribution in [0.4, 0.5) is 0 Å². The number of esters is 2. The standard InChI is InChI=1S/C21H32O4/c1-3-4-5-6-7-8-11-16-24-20(22)14-15-21(23)25-17-19-13-10-9-12-18(19)2/h9-10,12-13H,3-8,11,14-17H2,1-2H3. The zero-order valence-electron chi connectivity index (χ0n) is 15.7. The summed E-state index contributed by atoms with van der Waals surface area (Å²) >= 11 is 0. The number of aryl methyl sites for hydroxylation is 1. The molecule has 140 valence electrons. The van der Waals surface area contributed by atoms with Crippen LogP contribution in [0.5, 0.6) is 0 Å². The van der Waals surface area contributed by atoms with Crippen molar-refractivity contribution in [1.82, 2.24) is 0 Å². The Kier molecular flexibility index (Phi) is 11.4. The minimum Gasteiger partial charge on any atom is -0.466 e. The van der Waals surface area contributed by atoms with Crippen LogP contribution in [0.2, 0.25) is 0 Å². The summed E-state index contributed by atoms with van der Waals surface area (Å²) < 4.78 is 10.4. The number of benzene rings is 1. The third-order valence-electron chi connectivity index (χ3n) is 4.19. The van der Waals surface area contributed by atoms with E-state index < -0.39 is 0 Å². The summed E-state index contributed by atoms with van der Waals surface area (Å²) in [6.07, 6.45) is 8.45. The van der Waals surface area contributed by atoms with Crippen molar-refractivity contribution in [1.29, 1.82) is 0 Å². The fourth-order valence-electron chi connectivity index (χ4n) is 2.52. The Hall–Kier alpha value is -1.84. The first-order valence-corrected chi connectivity index (χ1v) is 9.49. The minimum atomic E-state index is -0.365. The van der Waals surface area contributed by atoms with Crippen LogP contribution in [0, 0.1) is 6.92 Å². The molecule has 0 radical (unpaired) electrons. The second kappa shape index (κ2) is 13.5. The van der Waals surface area contributed by atoms with E-state index in [0.717, 1.165) is 24.0 Å². The number of rotatable bonds is 13. The lowest BCUT2D eigenvalue weighted by atomic mass is 10.1. The molecule has 0 bridgehead atoms. The lowest BCUT2D eigenvalue weighted by molar-refractivity contribution is -0.151. The number of ether oxygens (including phenoxy) is 2. The van der Waals surface area contributed by atoms with E-state index in [1.165, 1.54) is 32.1 Å². The fraction of sp³-hybridized carbons (Fsp3) is 0.619. The summed E-state index contributed by atoms with van der Waals surface area (Å²) in [4.78, 5) is 23.3. The quantitative estimate of drug-likeness (QED) is 0.367. The van der Waals surface area contributed by atoms with Crippen LogP contribution in [0.3, 0.4) is 0 Å². The lowest BCUT2D eigenvalue weighted by Crippen LogP contribution is -2.11. The van der Waals surface area contributed by atoms with Gasteiger partial charge in [-0.25, -0.2) is 0 Å². The maximum atomic E-state index is 11.7. The van der Waals surface area contributed by atoms with Crippen LogP contribution >= 0.6 is 0 Å². The van der Waals surface area contributed by atoms with E-state index in [4.69, 9.17) is 9.47 Å². The molecule has 0 amide bonds. The van der Waals surface area contributed by atoms with Crippen molar-refractivity contribution >= 4 is 11.9 Å². The summed E-state index contributed by atoms with van der Waals surface area (Å²) in [5.41, 5.74) is 2.07. The first kappa shape index (κ1) is 21.2. The molecule has 0 atom stereocenters. The summed E-state index contributed by atoms with van der Waals surface area (Å²) in [5.74, 6) is -0.685. The first-order valence-electron chi connectivity index (χ1n) is 9.49. The zero-order chi connectivity index (χ0) is 18.3. The molecule has 0 aromatic heterocycles.